The Morgan fingerprint density at radius 1 is 1.64 bits per heavy atom. The molecule has 0 fully saturated rings. The van der Waals surface area contributed by atoms with Gasteiger partial charge in [-0.3, -0.25) is 4.99 Å². The highest BCUT2D eigenvalue weighted by Crippen LogP contribution is 2.27. The minimum atomic E-state index is 0.279. The number of thioether (sulfide) groups is 1. The van der Waals surface area contributed by atoms with Crippen molar-refractivity contribution < 1.29 is 0 Å². The maximum absolute atomic E-state index is 4.38. The van der Waals surface area contributed by atoms with E-state index in [9.17, 15) is 0 Å². The molecule has 1 aliphatic heterocycles. The van der Waals surface area contributed by atoms with Crippen molar-refractivity contribution in [2.24, 2.45) is 4.99 Å². The fourth-order valence-corrected chi connectivity index (χ4v) is 1.77. The van der Waals surface area contributed by atoms with Crippen molar-refractivity contribution in [2.45, 2.75) is 32.9 Å². The third-order valence-corrected chi connectivity index (χ3v) is 2.44. The van der Waals surface area contributed by atoms with Gasteiger partial charge in [-0.2, -0.15) is 0 Å². The fraction of sp³-hybridized carbons (Fsp3) is 0.625. The molecule has 2 nitrogen and oxygen atoms in total. The molecule has 1 N–H and O–H groups in total. The van der Waals surface area contributed by atoms with Crippen LogP contribution >= 0.6 is 11.8 Å². The lowest BCUT2D eigenvalue weighted by Crippen LogP contribution is -2.26. The number of nitrogens with zero attached hydrogens (tertiary/aromatic N) is 1. The molecular weight excluding hydrogens is 156 g/mol. The molecule has 0 radical (unpaired) electrons. The Kier molecular flexibility index (Phi) is 2.60. The van der Waals surface area contributed by atoms with Gasteiger partial charge in [-0.1, -0.05) is 18.3 Å². The first kappa shape index (κ1) is 8.65. The van der Waals surface area contributed by atoms with Crippen molar-refractivity contribution in [2.75, 3.05) is 0 Å². The SMILES string of the molecule is C=C1SC(NC(C)C)=NC1C. The van der Waals surface area contributed by atoms with E-state index in [1.54, 1.807) is 11.8 Å². The van der Waals surface area contributed by atoms with E-state index < -0.39 is 0 Å². The van der Waals surface area contributed by atoms with E-state index in [-0.39, 0.29) is 6.04 Å². The molecule has 0 aromatic heterocycles. The molecule has 62 valence electrons. The monoisotopic (exact) mass is 170 g/mol. The first-order valence-corrected chi connectivity index (χ1v) is 4.62. The summed E-state index contributed by atoms with van der Waals surface area (Å²) in [6.45, 7) is 10.2. The molecule has 0 spiro atoms. The number of amidine groups is 1. The average Bonchev–Trinajstić information content (AvgIpc) is 2.10. The van der Waals surface area contributed by atoms with Gasteiger partial charge in [-0.25, -0.2) is 0 Å². The third kappa shape index (κ3) is 2.26. The maximum Gasteiger partial charge on any atom is 0.162 e. The Balaban J connectivity index is 2.50. The van der Waals surface area contributed by atoms with Crippen LogP contribution < -0.4 is 5.32 Å². The van der Waals surface area contributed by atoms with Crippen LogP contribution in [0.15, 0.2) is 16.5 Å². The lowest BCUT2D eigenvalue weighted by atomic mass is 10.3. The Hall–Kier alpha value is -0.440. The van der Waals surface area contributed by atoms with Crippen LogP contribution in [0.25, 0.3) is 0 Å². The van der Waals surface area contributed by atoms with Crippen molar-refractivity contribution in [1.29, 1.82) is 0 Å². The van der Waals surface area contributed by atoms with Crippen molar-refractivity contribution in [1.82, 2.24) is 5.32 Å². The number of hydrogen-bond donors (Lipinski definition) is 1. The second-order valence-corrected chi connectivity index (χ2v) is 4.09. The fourth-order valence-electron chi connectivity index (χ4n) is 0.797. The second-order valence-electron chi connectivity index (χ2n) is 2.98. The van der Waals surface area contributed by atoms with Crippen LogP contribution in [0.2, 0.25) is 0 Å². The normalized spacial score (nSPS) is 24.2. The summed E-state index contributed by atoms with van der Waals surface area (Å²) < 4.78 is 0. The van der Waals surface area contributed by atoms with Gasteiger partial charge in [0.25, 0.3) is 0 Å². The summed E-state index contributed by atoms with van der Waals surface area (Å²) in [6, 6.07) is 0.737. The summed E-state index contributed by atoms with van der Waals surface area (Å²) in [5, 5.41) is 4.27. The van der Waals surface area contributed by atoms with Crippen LogP contribution in [0.4, 0.5) is 0 Å². The van der Waals surface area contributed by atoms with Crippen LogP contribution in [0, 0.1) is 0 Å². The summed E-state index contributed by atoms with van der Waals surface area (Å²) >= 11 is 1.65. The minimum Gasteiger partial charge on any atom is -0.362 e. The zero-order valence-electron chi connectivity index (χ0n) is 7.22. The highest BCUT2D eigenvalue weighted by Gasteiger charge is 2.18. The molecule has 0 aromatic carbocycles. The van der Waals surface area contributed by atoms with Crippen LogP contribution in [0.3, 0.4) is 0 Å². The molecule has 0 saturated heterocycles. The number of aliphatic imine (C=N–C) groups is 1. The van der Waals surface area contributed by atoms with Crippen molar-refractivity contribution in [3.8, 4) is 0 Å². The number of rotatable bonds is 1. The standard InChI is InChI=1S/C8H14N2S/c1-5(2)9-8-10-6(3)7(4)11-8/h5-6H,4H2,1-3H3,(H,9,10). The molecule has 1 unspecified atom stereocenters. The highest BCUT2D eigenvalue weighted by molar-refractivity contribution is 8.17. The quantitative estimate of drug-likeness (QED) is 0.651. The van der Waals surface area contributed by atoms with Crippen LogP contribution in [-0.2, 0) is 0 Å². The molecular formula is C8H14N2S. The molecule has 1 aliphatic rings. The van der Waals surface area contributed by atoms with E-state index in [4.69, 9.17) is 0 Å². The van der Waals surface area contributed by atoms with Gasteiger partial charge in [0.1, 0.15) is 0 Å². The molecule has 0 amide bonds. The summed E-state index contributed by atoms with van der Waals surface area (Å²) in [6.07, 6.45) is 0. The average molecular weight is 170 g/mol. The molecule has 1 rings (SSSR count). The van der Waals surface area contributed by atoms with Gasteiger partial charge in [0.05, 0.1) is 6.04 Å². The van der Waals surface area contributed by atoms with Gasteiger partial charge in [-0.05, 0) is 20.8 Å². The van der Waals surface area contributed by atoms with E-state index in [1.165, 1.54) is 0 Å². The molecule has 1 atom stereocenters. The molecule has 0 aliphatic carbocycles. The predicted molar refractivity (Wildman–Crippen MR) is 51.9 cm³/mol. The summed E-state index contributed by atoms with van der Waals surface area (Å²) in [5.41, 5.74) is 0. The first-order chi connectivity index (χ1) is 5.09. The van der Waals surface area contributed by atoms with Crippen LogP contribution in [0.1, 0.15) is 20.8 Å². The summed E-state index contributed by atoms with van der Waals surface area (Å²) in [7, 11) is 0. The zero-order chi connectivity index (χ0) is 8.43. The Labute approximate surface area is 72.2 Å². The topological polar surface area (TPSA) is 24.4 Å². The first-order valence-electron chi connectivity index (χ1n) is 3.80. The lowest BCUT2D eigenvalue weighted by Gasteiger charge is -2.06. The Morgan fingerprint density at radius 3 is 2.64 bits per heavy atom. The van der Waals surface area contributed by atoms with Gasteiger partial charge in [0.2, 0.25) is 0 Å². The highest BCUT2D eigenvalue weighted by atomic mass is 32.2. The summed E-state index contributed by atoms with van der Waals surface area (Å²) in [4.78, 5) is 5.51. The van der Waals surface area contributed by atoms with Crippen LogP contribution in [-0.4, -0.2) is 17.3 Å². The molecule has 1 heterocycles. The van der Waals surface area contributed by atoms with Gasteiger partial charge in [0.15, 0.2) is 5.17 Å². The van der Waals surface area contributed by atoms with E-state index in [0.29, 0.717) is 6.04 Å². The Bertz CT molecular complexity index is 196. The van der Waals surface area contributed by atoms with Crippen molar-refractivity contribution in [3.05, 3.63) is 11.5 Å². The van der Waals surface area contributed by atoms with E-state index >= 15 is 0 Å². The molecule has 3 heteroatoms. The second kappa shape index (κ2) is 3.30. The van der Waals surface area contributed by atoms with Crippen molar-refractivity contribution >= 4 is 16.9 Å². The zero-order valence-corrected chi connectivity index (χ0v) is 8.03. The molecule has 11 heavy (non-hydrogen) atoms. The maximum atomic E-state index is 4.38. The Morgan fingerprint density at radius 2 is 2.27 bits per heavy atom. The van der Waals surface area contributed by atoms with Gasteiger partial charge in [-0.15, -0.1) is 0 Å². The van der Waals surface area contributed by atoms with Gasteiger partial charge in [0, 0.05) is 10.9 Å². The van der Waals surface area contributed by atoms with E-state index in [0.717, 1.165) is 10.1 Å². The smallest absolute Gasteiger partial charge is 0.162 e. The third-order valence-electron chi connectivity index (χ3n) is 1.42. The predicted octanol–water partition coefficient (Wildman–Crippen LogP) is 1.99. The number of nitrogens with one attached hydrogen (secondary N) is 1. The lowest BCUT2D eigenvalue weighted by molar-refractivity contribution is 0.736. The van der Waals surface area contributed by atoms with E-state index in [1.807, 2.05) is 0 Å². The molecule has 0 aromatic rings. The molecule has 0 bridgehead atoms. The van der Waals surface area contributed by atoms with E-state index in [2.05, 4.69) is 37.7 Å². The molecule has 0 saturated carbocycles. The largest absolute Gasteiger partial charge is 0.362 e. The number of hydrogen-bond acceptors (Lipinski definition) is 3. The van der Waals surface area contributed by atoms with Gasteiger partial charge < -0.3 is 5.32 Å². The van der Waals surface area contributed by atoms with Gasteiger partial charge >= 0.3 is 0 Å². The summed E-state index contributed by atoms with van der Waals surface area (Å²) in [5.74, 6) is 0. The van der Waals surface area contributed by atoms with Crippen LogP contribution in [0.5, 0.6) is 0 Å². The van der Waals surface area contributed by atoms with Crippen molar-refractivity contribution in [3.63, 3.8) is 0 Å². The minimum absolute atomic E-state index is 0.279.